The molecule has 0 saturated carbocycles. The van der Waals surface area contributed by atoms with Crippen LogP contribution in [0, 0.1) is 0 Å². The summed E-state index contributed by atoms with van der Waals surface area (Å²) in [5, 5.41) is 1.12. The van der Waals surface area contributed by atoms with Gasteiger partial charge in [0, 0.05) is 15.5 Å². The monoisotopic (exact) mass is 326 g/mol. The Morgan fingerprint density at radius 3 is 2.90 bits per heavy atom. The second-order valence-corrected chi connectivity index (χ2v) is 5.59. The van der Waals surface area contributed by atoms with Crippen LogP contribution in [0.1, 0.15) is 5.76 Å². The molecule has 1 aromatic heterocycles. The van der Waals surface area contributed by atoms with Crippen LogP contribution in [0.15, 0.2) is 62.4 Å². The highest BCUT2D eigenvalue weighted by molar-refractivity contribution is 9.10. The van der Waals surface area contributed by atoms with Crippen LogP contribution in [-0.4, -0.2) is 12.9 Å². The molecule has 0 aliphatic carbocycles. The molecule has 0 saturated heterocycles. The molecule has 0 fully saturated rings. The van der Waals surface area contributed by atoms with Crippen molar-refractivity contribution in [3.8, 4) is 0 Å². The summed E-state index contributed by atoms with van der Waals surface area (Å²) in [7, 11) is 0. The molecule has 4 rings (SSSR count). The molecule has 2 aromatic carbocycles. The van der Waals surface area contributed by atoms with Crippen molar-refractivity contribution in [3.05, 3.63) is 58.8 Å². The first-order chi connectivity index (χ1) is 9.83. The van der Waals surface area contributed by atoms with E-state index >= 15 is 0 Å². The summed E-state index contributed by atoms with van der Waals surface area (Å²) in [5.41, 5.74) is 3.09. The summed E-state index contributed by atoms with van der Waals surface area (Å²) in [4.78, 5) is 6.57. The topological polar surface area (TPSA) is 28.7 Å². The summed E-state index contributed by atoms with van der Waals surface area (Å²) >= 11 is 3.52. The van der Waals surface area contributed by atoms with Gasteiger partial charge < -0.3 is 9.32 Å². The fourth-order valence-corrected chi connectivity index (χ4v) is 2.93. The van der Waals surface area contributed by atoms with Crippen molar-refractivity contribution in [3.63, 3.8) is 0 Å². The standard InChI is InChI=1S/C16H11BrN2O/c17-11-4-3-5-12(8-11)19-10-18-9-15-16(19)13-6-1-2-7-14(13)20-15/h1-9H,10H2. The van der Waals surface area contributed by atoms with Gasteiger partial charge in [-0.05, 0) is 30.3 Å². The van der Waals surface area contributed by atoms with Gasteiger partial charge >= 0.3 is 0 Å². The molecule has 1 aliphatic rings. The van der Waals surface area contributed by atoms with Gasteiger partial charge in [0.1, 0.15) is 12.3 Å². The Hall–Kier alpha value is -2.07. The Balaban J connectivity index is 1.95. The number of furan rings is 1. The van der Waals surface area contributed by atoms with E-state index in [0.29, 0.717) is 6.67 Å². The lowest BCUT2D eigenvalue weighted by Crippen LogP contribution is -2.20. The highest BCUT2D eigenvalue weighted by atomic mass is 79.9. The maximum Gasteiger partial charge on any atom is 0.169 e. The minimum Gasteiger partial charge on any atom is -0.453 e. The molecule has 0 spiro atoms. The van der Waals surface area contributed by atoms with E-state index in [1.807, 2.05) is 36.5 Å². The maximum atomic E-state index is 5.87. The smallest absolute Gasteiger partial charge is 0.169 e. The molecule has 0 N–H and O–H groups in total. The Morgan fingerprint density at radius 1 is 1.10 bits per heavy atom. The first-order valence-corrected chi connectivity index (χ1v) is 7.17. The molecule has 0 radical (unpaired) electrons. The van der Waals surface area contributed by atoms with Crippen LogP contribution in [0.3, 0.4) is 0 Å². The van der Waals surface area contributed by atoms with E-state index in [4.69, 9.17) is 4.42 Å². The molecular formula is C16H11BrN2O. The van der Waals surface area contributed by atoms with Gasteiger partial charge in [-0.2, -0.15) is 0 Å². The first-order valence-electron chi connectivity index (χ1n) is 6.37. The van der Waals surface area contributed by atoms with Gasteiger partial charge in [0.25, 0.3) is 0 Å². The van der Waals surface area contributed by atoms with Crippen molar-refractivity contribution < 1.29 is 4.42 Å². The Kier molecular flexibility index (Phi) is 2.63. The predicted molar refractivity (Wildman–Crippen MR) is 85.0 cm³/mol. The van der Waals surface area contributed by atoms with E-state index in [0.717, 1.165) is 32.6 Å². The highest BCUT2D eigenvalue weighted by Gasteiger charge is 2.22. The molecule has 3 aromatic rings. The van der Waals surface area contributed by atoms with Gasteiger partial charge in [-0.3, -0.25) is 4.99 Å². The second-order valence-electron chi connectivity index (χ2n) is 4.67. The number of aliphatic imine (C=N–C) groups is 1. The number of benzene rings is 2. The molecule has 2 heterocycles. The Labute approximate surface area is 124 Å². The van der Waals surface area contributed by atoms with E-state index < -0.39 is 0 Å². The van der Waals surface area contributed by atoms with Crippen molar-refractivity contribution in [2.75, 3.05) is 11.6 Å². The summed E-state index contributed by atoms with van der Waals surface area (Å²) in [6.07, 6.45) is 1.81. The number of hydrogen-bond donors (Lipinski definition) is 0. The molecule has 0 unspecified atom stereocenters. The number of nitrogens with zero attached hydrogens (tertiary/aromatic N) is 2. The number of halogens is 1. The van der Waals surface area contributed by atoms with Crippen LogP contribution in [0.4, 0.5) is 11.4 Å². The normalized spacial score (nSPS) is 13.8. The second kappa shape index (κ2) is 4.49. The van der Waals surface area contributed by atoms with Crippen LogP contribution >= 0.6 is 15.9 Å². The number of rotatable bonds is 1. The zero-order chi connectivity index (χ0) is 13.5. The molecule has 4 heteroatoms. The molecule has 1 aliphatic heterocycles. The molecular weight excluding hydrogens is 316 g/mol. The zero-order valence-electron chi connectivity index (χ0n) is 10.6. The number of fused-ring (bicyclic) bond motifs is 3. The van der Waals surface area contributed by atoms with Crippen molar-refractivity contribution in [2.45, 2.75) is 0 Å². The van der Waals surface area contributed by atoms with Gasteiger partial charge in [0.05, 0.1) is 11.9 Å². The van der Waals surface area contributed by atoms with E-state index in [-0.39, 0.29) is 0 Å². The molecule has 98 valence electrons. The molecule has 20 heavy (non-hydrogen) atoms. The van der Waals surface area contributed by atoms with Gasteiger partial charge in [-0.1, -0.05) is 34.1 Å². The van der Waals surface area contributed by atoms with Crippen LogP contribution in [0.25, 0.3) is 11.0 Å². The fraction of sp³-hybridized carbons (Fsp3) is 0.0625. The minimum atomic E-state index is 0.604. The minimum absolute atomic E-state index is 0.604. The van der Waals surface area contributed by atoms with Gasteiger partial charge in [-0.15, -0.1) is 0 Å². The van der Waals surface area contributed by atoms with E-state index in [9.17, 15) is 0 Å². The van der Waals surface area contributed by atoms with E-state index in [1.54, 1.807) is 0 Å². The van der Waals surface area contributed by atoms with Crippen LogP contribution < -0.4 is 4.90 Å². The summed E-state index contributed by atoms with van der Waals surface area (Å²) in [6.45, 7) is 0.604. The molecule has 3 nitrogen and oxygen atoms in total. The lowest BCUT2D eigenvalue weighted by Gasteiger charge is -2.25. The molecule has 0 amide bonds. The highest BCUT2D eigenvalue weighted by Crippen LogP contribution is 2.39. The third kappa shape index (κ3) is 1.76. The van der Waals surface area contributed by atoms with Gasteiger partial charge in [0.15, 0.2) is 5.76 Å². The SMILES string of the molecule is Brc1cccc(N2CN=Cc3oc4ccccc4c32)c1. The zero-order valence-corrected chi connectivity index (χ0v) is 12.2. The average molecular weight is 327 g/mol. The number of hydrogen-bond acceptors (Lipinski definition) is 3. The molecule has 0 atom stereocenters. The maximum absolute atomic E-state index is 5.87. The van der Waals surface area contributed by atoms with Gasteiger partial charge in [-0.25, -0.2) is 0 Å². The Morgan fingerprint density at radius 2 is 2.00 bits per heavy atom. The van der Waals surface area contributed by atoms with E-state index in [1.165, 1.54) is 0 Å². The van der Waals surface area contributed by atoms with Crippen molar-refractivity contribution >= 4 is 44.5 Å². The lowest BCUT2D eigenvalue weighted by atomic mass is 10.1. The summed E-state index contributed by atoms with van der Waals surface area (Å²) < 4.78 is 6.92. The summed E-state index contributed by atoms with van der Waals surface area (Å²) in [6, 6.07) is 16.3. The first kappa shape index (κ1) is 11.7. The third-order valence-electron chi connectivity index (χ3n) is 3.42. The van der Waals surface area contributed by atoms with Gasteiger partial charge in [0.2, 0.25) is 0 Å². The lowest BCUT2D eigenvalue weighted by molar-refractivity contribution is 0.604. The Bertz CT molecular complexity index is 822. The average Bonchev–Trinajstić information content (AvgIpc) is 2.85. The predicted octanol–water partition coefficient (Wildman–Crippen LogP) is 4.72. The quantitative estimate of drug-likeness (QED) is 0.647. The van der Waals surface area contributed by atoms with Crippen molar-refractivity contribution in [1.82, 2.24) is 0 Å². The van der Waals surface area contributed by atoms with Crippen LogP contribution in [-0.2, 0) is 0 Å². The molecule has 0 bridgehead atoms. The van der Waals surface area contributed by atoms with Crippen LogP contribution in [0.2, 0.25) is 0 Å². The van der Waals surface area contributed by atoms with E-state index in [2.05, 4.69) is 44.0 Å². The van der Waals surface area contributed by atoms with Crippen molar-refractivity contribution in [2.24, 2.45) is 4.99 Å². The van der Waals surface area contributed by atoms with Crippen molar-refractivity contribution in [1.29, 1.82) is 0 Å². The van der Waals surface area contributed by atoms with Crippen LogP contribution in [0.5, 0.6) is 0 Å². The fourth-order valence-electron chi connectivity index (χ4n) is 2.55. The number of anilines is 2. The largest absolute Gasteiger partial charge is 0.453 e. The third-order valence-corrected chi connectivity index (χ3v) is 3.91. The summed E-state index contributed by atoms with van der Waals surface area (Å²) in [5.74, 6) is 0.817. The number of para-hydroxylation sites is 1.